The zero-order valence-corrected chi connectivity index (χ0v) is 9.87. The van der Waals surface area contributed by atoms with Crippen LogP contribution in [-0.2, 0) is 17.1 Å². The van der Waals surface area contributed by atoms with E-state index in [1.54, 1.807) is 31.7 Å². The fourth-order valence-electron chi connectivity index (χ4n) is 0.992. The lowest BCUT2D eigenvalue weighted by atomic mass is 10.1. The largest absolute Gasteiger partial charge is 0.389 e. The smallest absolute Gasteiger partial charge is 0.242 e. The highest BCUT2D eigenvalue weighted by Gasteiger charge is 2.19. The first-order chi connectivity index (χ1) is 6.71. The van der Waals surface area contributed by atoms with Crippen LogP contribution in [0.4, 0.5) is 0 Å². The summed E-state index contributed by atoms with van der Waals surface area (Å²) in [6.45, 7) is 3.07. The molecule has 2 N–H and O–H groups in total. The van der Waals surface area contributed by atoms with Crippen molar-refractivity contribution in [2.75, 3.05) is 6.54 Å². The van der Waals surface area contributed by atoms with Crippen molar-refractivity contribution in [3.8, 4) is 0 Å². The number of hydrogen-bond donors (Lipinski definition) is 2. The molecule has 0 aromatic carbocycles. The third-order valence-electron chi connectivity index (χ3n) is 1.81. The predicted molar refractivity (Wildman–Crippen MR) is 56.9 cm³/mol. The molecule has 5 nitrogen and oxygen atoms in total. The molecule has 0 saturated carbocycles. The van der Waals surface area contributed by atoms with Crippen LogP contribution in [0.25, 0.3) is 0 Å². The first-order valence-corrected chi connectivity index (χ1v) is 6.03. The second-order valence-corrected chi connectivity index (χ2v) is 5.92. The van der Waals surface area contributed by atoms with Gasteiger partial charge in [-0.3, -0.25) is 0 Å². The van der Waals surface area contributed by atoms with Gasteiger partial charge in [-0.05, 0) is 19.9 Å². The summed E-state index contributed by atoms with van der Waals surface area (Å²) in [5, 5.41) is 9.40. The van der Waals surface area contributed by atoms with Crippen molar-refractivity contribution in [3.63, 3.8) is 0 Å². The van der Waals surface area contributed by atoms with Crippen LogP contribution in [0.3, 0.4) is 0 Å². The Balaban J connectivity index is 2.77. The van der Waals surface area contributed by atoms with Crippen LogP contribution >= 0.6 is 0 Å². The summed E-state index contributed by atoms with van der Waals surface area (Å²) >= 11 is 0. The third-order valence-corrected chi connectivity index (χ3v) is 3.20. The molecule has 0 saturated heterocycles. The van der Waals surface area contributed by atoms with Crippen LogP contribution in [0, 0.1) is 0 Å². The molecular weight excluding hydrogens is 216 g/mol. The van der Waals surface area contributed by atoms with E-state index >= 15 is 0 Å². The monoisotopic (exact) mass is 232 g/mol. The topological polar surface area (TPSA) is 71.3 Å². The quantitative estimate of drug-likeness (QED) is 0.772. The molecule has 1 aromatic heterocycles. The maximum Gasteiger partial charge on any atom is 0.242 e. The highest BCUT2D eigenvalue weighted by atomic mass is 32.2. The number of sulfonamides is 1. The molecule has 0 aliphatic heterocycles. The molecule has 0 fully saturated rings. The Morgan fingerprint density at radius 2 is 2.13 bits per heavy atom. The third kappa shape index (κ3) is 3.65. The predicted octanol–water partition coefficient (Wildman–Crippen LogP) is 0.0743. The normalized spacial score (nSPS) is 13.1. The summed E-state index contributed by atoms with van der Waals surface area (Å²) in [6.07, 6.45) is 3.16. The number of hydrogen-bond acceptors (Lipinski definition) is 3. The van der Waals surface area contributed by atoms with E-state index in [4.69, 9.17) is 0 Å². The summed E-state index contributed by atoms with van der Waals surface area (Å²) in [4.78, 5) is 0.203. The number of rotatable bonds is 4. The van der Waals surface area contributed by atoms with Gasteiger partial charge in [0.1, 0.15) is 0 Å². The van der Waals surface area contributed by atoms with Crippen LogP contribution in [0.2, 0.25) is 0 Å². The van der Waals surface area contributed by atoms with E-state index in [1.165, 1.54) is 12.3 Å². The Morgan fingerprint density at radius 1 is 1.53 bits per heavy atom. The van der Waals surface area contributed by atoms with Crippen molar-refractivity contribution in [2.24, 2.45) is 7.05 Å². The fourth-order valence-corrected chi connectivity index (χ4v) is 2.25. The number of aliphatic hydroxyl groups is 1. The van der Waals surface area contributed by atoms with Crippen molar-refractivity contribution in [2.45, 2.75) is 24.3 Å². The first kappa shape index (κ1) is 12.2. The Kier molecular flexibility index (Phi) is 3.22. The second-order valence-electron chi connectivity index (χ2n) is 4.15. The lowest BCUT2D eigenvalue weighted by Crippen LogP contribution is -2.38. The molecule has 86 valence electrons. The Bertz CT molecular complexity index is 428. The van der Waals surface area contributed by atoms with Crippen molar-refractivity contribution in [1.29, 1.82) is 0 Å². The van der Waals surface area contributed by atoms with E-state index in [0.717, 1.165) is 0 Å². The molecule has 0 unspecified atom stereocenters. The Morgan fingerprint density at radius 3 is 2.53 bits per heavy atom. The van der Waals surface area contributed by atoms with Crippen LogP contribution < -0.4 is 4.72 Å². The van der Waals surface area contributed by atoms with Gasteiger partial charge in [-0.25, -0.2) is 13.1 Å². The van der Waals surface area contributed by atoms with E-state index in [-0.39, 0.29) is 11.4 Å². The zero-order valence-electron chi connectivity index (χ0n) is 9.06. The minimum absolute atomic E-state index is 0.00969. The lowest BCUT2D eigenvalue weighted by Gasteiger charge is -2.17. The summed E-state index contributed by atoms with van der Waals surface area (Å²) in [6, 6.07) is 1.51. The summed E-state index contributed by atoms with van der Waals surface area (Å²) in [5.74, 6) is 0. The molecule has 0 bridgehead atoms. The SMILES string of the molecule is Cn1ccc(S(=O)(=O)NCC(C)(C)O)c1. The molecule has 0 spiro atoms. The minimum atomic E-state index is -3.50. The summed E-state index contributed by atoms with van der Waals surface area (Å²) < 4.78 is 27.3. The summed E-state index contributed by atoms with van der Waals surface area (Å²) in [7, 11) is -1.76. The molecule has 0 radical (unpaired) electrons. The van der Waals surface area contributed by atoms with Crippen molar-refractivity contribution < 1.29 is 13.5 Å². The zero-order chi connectivity index (χ0) is 11.7. The maximum atomic E-state index is 11.7. The average molecular weight is 232 g/mol. The number of aryl methyl sites for hydroxylation is 1. The Labute approximate surface area is 89.8 Å². The highest BCUT2D eigenvalue weighted by molar-refractivity contribution is 7.89. The second kappa shape index (κ2) is 3.96. The highest BCUT2D eigenvalue weighted by Crippen LogP contribution is 2.09. The van der Waals surface area contributed by atoms with Gasteiger partial charge in [0.15, 0.2) is 0 Å². The maximum absolute atomic E-state index is 11.7. The lowest BCUT2D eigenvalue weighted by molar-refractivity contribution is 0.0857. The van der Waals surface area contributed by atoms with E-state index in [1.807, 2.05) is 0 Å². The molecule has 1 rings (SSSR count). The summed E-state index contributed by atoms with van der Waals surface area (Å²) in [5.41, 5.74) is -1.05. The minimum Gasteiger partial charge on any atom is -0.389 e. The van der Waals surface area contributed by atoms with Crippen molar-refractivity contribution in [3.05, 3.63) is 18.5 Å². The van der Waals surface area contributed by atoms with Crippen molar-refractivity contribution >= 4 is 10.0 Å². The molecule has 0 aliphatic carbocycles. The number of nitrogens with zero attached hydrogens (tertiary/aromatic N) is 1. The van der Waals surface area contributed by atoms with Gasteiger partial charge in [0.2, 0.25) is 10.0 Å². The fraction of sp³-hybridized carbons (Fsp3) is 0.556. The van der Waals surface area contributed by atoms with Gasteiger partial charge in [0.05, 0.1) is 10.5 Å². The van der Waals surface area contributed by atoms with Crippen LogP contribution in [0.5, 0.6) is 0 Å². The average Bonchev–Trinajstić information content (AvgIpc) is 2.48. The van der Waals surface area contributed by atoms with E-state index < -0.39 is 15.6 Å². The van der Waals surface area contributed by atoms with E-state index in [2.05, 4.69) is 4.72 Å². The van der Waals surface area contributed by atoms with Gasteiger partial charge >= 0.3 is 0 Å². The van der Waals surface area contributed by atoms with Gasteiger partial charge in [-0.1, -0.05) is 0 Å². The van der Waals surface area contributed by atoms with Gasteiger partial charge in [0, 0.05) is 26.0 Å². The van der Waals surface area contributed by atoms with Gasteiger partial charge < -0.3 is 9.67 Å². The molecule has 0 amide bonds. The number of aromatic nitrogens is 1. The molecule has 6 heteroatoms. The molecule has 15 heavy (non-hydrogen) atoms. The Hall–Kier alpha value is -0.850. The van der Waals surface area contributed by atoms with E-state index in [9.17, 15) is 13.5 Å². The van der Waals surface area contributed by atoms with Crippen molar-refractivity contribution in [1.82, 2.24) is 9.29 Å². The van der Waals surface area contributed by atoms with E-state index in [0.29, 0.717) is 0 Å². The molecule has 1 heterocycles. The molecule has 0 atom stereocenters. The van der Waals surface area contributed by atoms with Gasteiger partial charge in [-0.15, -0.1) is 0 Å². The first-order valence-electron chi connectivity index (χ1n) is 4.55. The molecule has 1 aromatic rings. The standard InChI is InChI=1S/C9H16N2O3S/c1-9(2,12)7-10-15(13,14)8-4-5-11(3)6-8/h4-6,10,12H,7H2,1-3H3. The van der Waals surface area contributed by atoms with Crippen LogP contribution in [0.15, 0.2) is 23.4 Å². The molecule has 0 aliphatic rings. The number of nitrogens with one attached hydrogen (secondary N) is 1. The van der Waals surface area contributed by atoms with Crippen LogP contribution in [-0.4, -0.2) is 30.2 Å². The van der Waals surface area contributed by atoms with Crippen LogP contribution in [0.1, 0.15) is 13.8 Å². The van der Waals surface area contributed by atoms with Gasteiger partial charge in [-0.2, -0.15) is 0 Å². The molecular formula is C9H16N2O3S. The van der Waals surface area contributed by atoms with Gasteiger partial charge in [0.25, 0.3) is 0 Å².